The molecule has 29 heavy (non-hydrogen) atoms. The number of piperidine rings is 1. The van der Waals surface area contributed by atoms with E-state index in [1.54, 1.807) is 23.9 Å². The summed E-state index contributed by atoms with van der Waals surface area (Å²) in [7, 11) is 4.14. The highest BCUT2D eigenvalue weighted by molar-refractivity contribution is 7.99. The van der Waals surface area contributed by atoms with E-state index in [4.69, 9.17) is 0 Å². The monoisotopic (exact) mass is 417 g/mol. The summed E-state index contributed by atoms with van der Waals surface area (Å²) in [5, 5.41) is 2.22. The van der Waals surface area contributed by atoms with Crippen LogP contribution in [0, 0.1) is 0 Å². The minimum Gasteiger partial charge on any atom is -0.309 e. The lowest BCUT2D eigenvalue weighted by Gasteiger charge is -2.27. The minimum absolute atomic E-state index is 0.124. The van der Waals surface area contributed by atoms with E-state index in [1.807, 2.05) is 6.07 Å². The third kappa shape index (κ3) is 4.87. The van der Waals surface area contributed by atoms with Crippen molar-refractivity contribution in [1.29, 1.82) is 0 Å². The predicted octanol–water partition coefficient (Wildman–Crippen LogP) is 2.30. The number of amides is 4. The van der Waals surface area contributed by atoms with E-state index in [2.05, 4.69) is 24.3 Å². The molecule has 2 heterocycles. The summed E-state index contributed by atoms with van der Waals surface area (Å²) in [4.78, 5) is 53.4. The van der Waals surface area contributed by atoms with Crippen LogP contribution in [0.4, 0.5) is 0 Å². The Kier molecular flexibility index (Phi) is 7.08. The number of unbranched alkanes of at least 4 members (excludes halogenated alkanes) is 3. The summed E-state index contributed by atoms with van der Waals surface area (Å²) >= 11 is 1.58. The molecule has 2 aliphatic rings. The average Bonchev–Trinajstić information content (AvgIpc) is 2.92. The van der Waals surface area contributed by atoms with Crippen LogP contribution in [0.3, 0.4) is 0 Å². The molecule has 1 atom stereocenters. The molecule has 0 spiro atoms. The Labute approximate surface area is 175 Å². The van der Waals surface area contributed by atoms with Crippen LogP contribution in [0.2, 0.25) is 0 Å². The summed E-state index contributed by atoms with van der Waals surface area (Å²) in [6, 6.07) is 4.34. The fourth-order valence-corrected chi connectivity index (χ4v) is 4.75. The largest absolute Gasteiger partial charge is 0.309 e. The molecule has 4 amide bonds. The number of carbonyl (C=O) groups excluding carboxylic acids is 4. The number of fused-ring (bicyclic) bond motifs is 1. The van der Waals surface area contributed by atoms with Crippen LogP contribution < -0.4 is 5.32 Å². The van der Waals surface area contributed by atoms with Gasteiger partial charge in [-0.1, -0.05) is 18.9 Å². The number of rotatable bonds is 9. The number of thioether (sulfide) groups is 1. The Bertz CT molecular complexity index is 824. The fourth-order valence-electron chi connectivity index (χ4n) is 3.67. The first-order valence-electron chi connectivity index (χ1n) is 10.0. The molecule has 1 aromatic rings. The van der Waals surface area contributed by atoms with Crippen molar-refractivity contribution in [3.63, 3.8) is 0 Å². The molecule has 8 heteroatoms. The van der Waals surface area contributed by atoms with Crippen molar-refractivity contribution in [3.8, 4) is 0 Å². The normalized spacial score (nSPS) is 19.1. The molecule has 1 saturated heterocycles. The van der Waals surface area contributed by atoms with Crippen molar-refractivity contribution in [3.05, 3.63) is 29.3 Å². The summed E-state index contributed by atoms with van der Waals surface area (Å²) in [5.41, 5.74) is 0.732. The van der Waals surface area contributed by atoms with Crippen molar-refractivity contribution in [2.75, 3.05) is 26.4 Å². The van der Waals surface area contributed by atoms with Crippen molar-refractivity contribution >= 4 is 35.4 Å². The lowest BCUT2D eigenvalue weighted by atomic mass is 10.0. The van der Waals surface area contributed by atoms with Gasteiger partial charge in [0.15, 0.2) is 0 Å². The zero-order valence-electron chi connectivity index (χ0n) is 16.9. The number of hydrogen-bond acceptors (Lipinski definition) is 6. The number of nitrogens with one attached hydrogen (secondary N) is 1. The number of nitrogens with zero attached hydrogens (tertiary/aromatic N) is 2. The van der Waals surface area contributed by atoms with Crippen molar-refractivity contribution in [2.45, 2.75) is 49.5 Å². The first-order chi connectivity index (χ1) is 13.9. The van der Waals surface area contributed by atoms with Crippen LogP contribution in [0.5, 0.6) is 0 Å². The van der Waals surface area contributed by atoms with E-state index in [1.165, 1.54) is 12.8 Å². The van der Waals surface area contributed by atoms with E-state index in [9.17, 15) is 19.2 Å². The highest BCUT2D eigenvalue weighted by Gasteiger charge is 2.45. The van der Waals surface area contributed by atoms with Gasteiger partial charge in [0.2, 0.25) is 11.8 Å². The number of benzene rings is 1. The van der Waals surface area contributed by atoms with Crippen LogP contribution in [-0.2, 0) is 9.59 Å². The first kappa shape index (κ1) is 21.5. The topological polar surface area (TPSA) is 86.8 Å². The maximum atomic E-state index is 13.0. The SMILES string of the molecule is CN(C)CCCCCCSc1cccc2c1C(=O)N(C1CCC(=O)NC1=O)C2=O. The molecule has 1 N–H and O–H groups in total. The van der Waals surface area contributed by atoms with Crippen molar-refractivity contribution in [2.24, 2.45) is 0 Å². The van der Waals surface area contributed by atoms with Gasteiger partial charge in [0.25, 0.3) is 11.8 Å². The molecule has 0 aromatic heterocycles. The van der Waals surface area contributed by atoms with Gasteiger partial charge in [-0.2, -0.15) is 0 Å². The zero-order chi connectivity index (χ0) is 21.0. The predicted molar refractivity (Wildman–Crippen MR) is 111 cm³/mol. The Balaban J connectivity index is 1.62. The van der Waals surface area contributed by atoms with E-state index in [-0.39, 0.29) is 18.7 Å². The molecule has 3 rings (SSSR count). The van der Waals surface area contributed by atoms with Gasteiger partial charge in [-0.3, -0.25) is 29.4 Å². The molecule has 0 saturated carbocycles. The van der Waals surface area contributed by atoms with Crippen molar-refractivity contribution < 1.29 is 19.2 Å². The van der Waals surface area contributed by atoms with Gasteiger partial charge in [-0.25, -0.2) is 0 Å². The van der Waals surface area contributed by atoms with Crippen molar-refractivity contribution in [1.82, 2.24) is 15.1 Å². The summed E-state index contributed by atoms with van der Waals surface area (Å²) < 4.78 is 0. The molecule has 1 aromatic carbocycles. The summed E-state index contributed by atoms with van der Waals surface area (Å²) in [5.74, 6) is -0.968. The summed E-state index contributed by atoms with van der Waals surface area (Å²) in [6.45, 7) is 1.09. The second kappa shape index (κ2) is 9.54. The minimum atomic E-state index is -0.922. The van der Waals surface area contributed by atoms with Gasteiger partial charge in [0, 0.05) is 11.3 Å². The van der Waals surface area contributed by atoms with Crippen LogP contribution in [-0.4, -0.2) is 65.9 Å². The smallest absolute Gasteiger partial charge is 0.263 e. The molecule has 0 aliphatic carbocycles. The van der Waals surface area contributed by atoms with E-state index in [0.717, 1.165) is 34.9 Å². The third-order valence-electron chi connectivity index (χ3n) is 5.19. The third-order valence-corrected chi connectivity index (χ3v) is 6.33. The first-order valence-corrected chi connectivity index (χ1v) is 11.0. The Morgan fingerprint density at radius 1 is 1.07 bits per heavy atom. The van der Waals surface area contributed by atoms with E-state index in [0.29, 0.717) is 11.1 Å². The van der Waals surface area contributed by atoms with Gasteiger partial charge in [0.1, 0.15) is 6.04 Å². The van der Waals surface area contributed by atoms with Gasteiger partial charge < -0.3 is 4.90 Å². The maximum absolute atomic E-state index is 13.0. The molecule has 1 fully saturated rings. The lowest BCUT2D eigenvalue weighted by molar-refractivity contribution is -0.136. The van der Waals surface area contributed by atoms with Gasteiger partial charge in [-0.05, 0) is 57.8 Å². The zero-order valence-corrected chi connectivity index (χ0v) is 17.7. The Morgan fingerprint density at radius 3 is 2.55 bits per heavy atom. The second-order valence-electron chi connectivity index (χ2n) is 7.69. The molecule has 7 nitrogen and oxygen atoms in total. The molecule has 1 unspecified atom stereocenters. The van der Waals surface area contributed by atoms with Gasteiger partial charge >= 0.3 is 0 Å². The van der Waals surface area contributed by atoms with Gasteiger partial charge in [-0.15, -0.1) is 11.8 Å². The Morgan fingerprint density at radius 2 is 1.83 bits per heavy atom. The van der Waals surface area contributed by atoms with Crippen LogP contribution >= 0.6 is 11.8 Å². The Hall–Kier alpha value is -2.19. The van der Waals surface area contributed by atoms with Gasteiger partial charge in [0.05, 0.1) is 11.1 Å². The highest BCUT2D eigenvalue weighted by Crippen LogP contribution is 2.34. The molecular weight excluding hydrogens is 390 g/mol. The standard InChI is InChI=1S/C21H27N3O4S/c1-23(2)12-5-3-4-6-13-29-16-9-7-8-14-18(16)21(28)24(20(14)27)15-10-11-17(25)22-19(15)26/h7-9,15H,3-6,10-13H2,1-2H3,(H,22,25,26). The molecule has 0 bridgehead atoms. The molecular formula is C21H27N3O4S. The summed E-state index contributed by atoms with van der Waals surface area (Å²) in [6.07, 6.45) is 4.81. The second-order valence-corrected chi connectivity index (χ2v) is 8.83. The van der Waals surface area contributed by atoms with E-state index >= 15 is 0 Å². The van der Waals surface area contributed by atoms with Crippen LogP contribution in [0.1, 0.15) is 59.2 Å². The highest BCUT2D eigenvalue weighted by atomic mass is 32.2. The van der Waals surface area contributed by atoms with Crippen LogP contribution in [0.25, 0.3) is 0 Å². The van der Waals surface area contributed by atoms with E-state index < -0.39 is 23.8 Å². The quantitative estimate of drug-likeness (QED) is 0.377. The number of carbonyl (C=O) groups is 4. The van der Waals surface area contributed by atoms with Crippen LogP contribution in [0.15, 0.2) is 23.1 Å². The maximum Gasteiger partial charge on any atom is 0.263 e. The number of hydrogen-bond donors (Lipinski definition) is 1. The molecule has 0 radical (unpaired) electrons. The number of imide groups is 2. The lowest BCUT2D eigenvalue weighted by Crippen LogP contribution is -2.54. The fraction of sp³-hybridized carbons (Fsp3) is 0.524. The molecule has 2 aliphatic heterocycles. The average molecular weight is 418 g/mol. The molecule has 156 valence electrons.